The molecule has 2 saturated carbocycles. The van der Waals surface area contributed by atoms with Crippen molar-refractivity contribution in [3.8, 4) is 0 Å². The molecular weight excluding hydrogens is 467 g/mol. The van der Waals surface area contributed by atoms with Crippen molar-refractivity contribution in [2.24, 2.45) is 16.3 Å². The third-order valence-corrected chi connectivity index (χ3v) is 7.90. The Morgan fingerprint density at radius 1 is 1.11 bits per heavy atom. The van der Waals surface area contributed by atoms with Gasteiger partial charge in [-0.25, -0.2) is 0 Å². The van der Waals surface area contributed by atoms with E-state index in [9.17, 15) is 0 Å². The van der Waals surface area contributed by atoms with E-state index < -0.39 is 0 Å². The highest BCUT2D eigenvalue weighted by Crippen LogP contribution is 2.60. The summed E-state index contributed by atoms with van der Waals surface area (Å²) in [5.74, 6) is 1.86. The number of aliphatic imine (C=N–C) groups is 1. The predicted octanol–water partition coefficient (Wildman–Crippen LogP) is 2.32. The van der Waals surface area contributed by atoms with E-state index >= 15 is 0 Å². The summed E-state index contributed by atoms with van der Waals surface area (Å²) in [5, 5.41) is 3.98. The maximum atomic E-state index is 6.17. The van der Waals surface area contributed by atoms with Gasteiger partial charge in [0.1, 0.15) is 0 Å². The van der Waals surface area contributed by atoms with Crippen LogP contribution in [-0.4, -0.2) is 86.5 Å². The zero-order valence-corrected chi connectivity index (χ0v) is 19.6. The third-order valence-electron chi connectivity index (χ3n) is 7.90. The predicted molar refractivity (Wildman–Crippen MR) is 121 cm³/mol. The molecule has 5 aliphatic rings. The molecule has 0 amide bonds. The number of nitrogens with one attached hydrogen (secondary N) is 1. The first-order chi connectivity index (χ1) is 13.3. The number of ether oxygens (including phenoxy) is 2. The Balaban J connectivity index is 0.00000192. The first-order valence-electron chi connectivity index (χ1n) is 11.3. The van der Waals surface area contributed by atoms with Gasteiger partial charge in [-0.3, -0.25) is 9.89 Å². The van der Waals surface area contributed by atoms with Gasteiger partial charge < -0.3 is 19.7 Å². The lowest BCUT2D eigenvalue weighted by atomic mass is 9.54. The Hall–Kier alpha value is -0.120. The summed E-state index contributed by atoms with van der Waals surface area (Å²) in [6.07, 6.45) is 8.39. The molecular formula is C21H37IN4O2. The Morgan fingerprint density at radius 3 is 2.64 bits per heavy atom. The number of nitrogens with zero attached hydrogens (tertiary/aromatic N) is 3. The molecule has 0 aromatic rings. The van der Waals surface area contributed by atoms with Crippen molar-refractivity contribution in [1.82, 2.24) is 15.1 Å². The number of rotatable bonds is 3. The molecule has 5 rings (SSSR count). The van der Waals surface area contributed by atoms with Crippen LogP contribution < -0.4 is 5.32 Å². The van der Waals surface area contributed by atoms with E-state index in [1.807, 2.05) is 0 Å². The zero-order chi connectivity index (χ0) is 18.3. The smallest absolute Gasteiger partial charge is 0.194 e. The molecule has 28 heavy (non-hydrogen) atoms. The molecule has 2 aliphatic carbocycles. The quantitative estimate of drug-likeness (QED) is 0.363. The van der Waals surface area contributed by atoms with Gasteiger partial charge >= 0.3 is 0 Å². The second kappa shape index (κ2) is 8.94. The fourth-order valence-electron chi connectivity index (χ4n) is 6.60. The molecule has 3 heterocycles. The summed E-state index contributed by atoms with van der Waals surface area (Å²) >= 11 is 0. The molecule has 160 valence electrons. The highest BCUT2D eigenvalue weighted by atomic mass is 127. The normalized spacial score (nSPS) is 37.6. The largest absolute Gasteiger partial charge is 0.379 e. The molecule has 3 saturated heterocycles. The SMILES string of the molecule is CCN=C(NC1C2CCOC2C12CCCC2)N1CCC(N2CCOCC2)C1.I. The number of fused-ring (bicyclic) bond motifs is 2. The summed E-state index contributed by atoms with van der Waals surface area (Å²) in [5.41, 5.74) is 0.388. The molecule has 0 aromatic carbocycles. The van der Waals surface area contributed by atoms with Crippen molar-refractivity contribution >= 4 is 29.9 Å². The minimum atomic E-state index is 0. The van der Waals surface area contributed by atoms with Gasteiger partial charge in [0.25, 0.3) is 0 Å². The Kier molecular flexibility index (Phi) is 6.74. The molecule has 7 heteroatoms. The van der Waals surface area contributed by atoms with Gasteiger partial charge in [0.2, 0.25) is 0 Å². The number of halogens is 1. The number of guanidine groups is 1. The van der Waals surface area contributed by atoms with Crippen LogP contribution in [0, 0.1) is 11.3 Å². The van der Waals surface area contributed by atoms with Crippen LogP contribution in [0.25, 0.3) is 0 Å². The first-order valence-corrected chi connectivity index (χ1v) is 11.3. The van der Waals surface area contributed by atoms with Crippen molar-refractivity contribution in [3.63, 3.8) is 0 Å². The standard InChI is InChI=1S/C21H36N4O2.HI/c1-2-22-20(25-9-5-16(15-25)24-10-13-26-14-11-24)23-18-17-6-12-27-19(17)21(18)7-3-4-8-21;/h16-19H,2-15H2,1H3,(H,22,23);1H. The molecule has 4 atom stereocenters. The summed E-state index contributed by atoms with van der Waals surface area (Å²) in [6, 6.07) is 1.22. The summed E-state index contributed by atoms with van der Waals surface area (Å²) in [4.78, 5) is 10.1. The molecule has 4 unspecified atom stereocenters. The number of hydrogen-bond acceptors (Lipinski definition) is 4. The van der Waals surface area contributed by atoms with E-state index in [0.717, 1.165) is 58.5 Å². The minimum Gasteiger partial charge on any atom is -0.379 e. The van der Waals surface area contributed by atoms with Gasteiger partial charge in [-0.2, -0.15) is 0 Å². The van der Waals surface area contributed by atoms with E-state index in [2.05, 4.69) is 22.0 Å². The average Bonchev–Trinajstić information content (AvgIpc) is 3.45. The fraction of sp³-hybridized carbons (Fsp3) is 0.952. The van der Waals surface area contributed by atoms with Gasteiger partial charge in [-0.05, 0) is 32.6 Å². The van der Waals surface area contributed by atoms with Crippen molar-refractivity contribution in [2.45, 2.75) is 63.6 Å². The molecule has 3 aliphatic heterocycles. The summed E-state index contributed by atoms with van der Waals surface area (Å²) < 4.78 is 11.7. The Labute approximate surface area is 186 Å². The van der Waals surface area contributed by atoms with Crippen LogP contribution in [0.1, 0.15) is 45.4 Å². The molecule has 0 radical (unpaired) electrons. The van der Waals surface area contributed by atoms with Gasteiger partial charge in [0.05, 0.1) is 19.3 Å². The van der Waals surface area contributed by atoms with Gasteiger partial charge in [0, 0.05) is 62.7 Å². The Bertz CT molecular complexity index is 563. The second-order valence-corrected chi connectivity index (χ2v) is 9.14. The third kappa shape index (κ3) is 3.58. The van der Waals surface area contributed by atoms with Crippen LogP contribution in [0.15, 0.2) is 4.99 Å². The maximum Gasteiger partial charge on any atom is 0.194 e. The highest BCUT2D eigenvalue weighted by molar-refractivity contribution is 14.0. The zero-order valence-electron chi connectivity index (χ0n) is 17.3. The first kappa shape index (κ1) is 21.1. The van der Waals surface area contributed by atoms with Crippen LogP contribution >= 0.6 is 24.0 Å². The van der Waals surface area contributed by atoms with Crippen LogP contribution in [0.3, 0.4) is 0 Å². The molecule has 1 spiro atoms. The van der Waals surface area contributed by atoms with Crippen molar-refractivity contribution in [1.29, 1.82) is 0 Å². The van der Waals surface area contributed by atoms with Gasteiger partial charge in [-0.1, -0.05) is 12.8 Å². The van der Waals surface area contributed by atoms with E-state index in [-0.39, 0.29) is 24.0 Å². The highest BCUT2D eigenvalue weighted by Gasteiger charge is 2.65. The summed E-state index contributed by atoms with van der Waals surface area (Å²) in [6.45, 7) is 10.1. The molecule has 6 nitrogen and oxygen atoms in total. The van der Waals surface area contributed by atoms with Crippen molar-refractivity contribution in [3.05, 3.63) is 0 Å². The molecule has 1 N–H and O–H groups in total. The van der Waals surface area contributed by atoms with Crippen LogP contribution in [0.5, 0.6) is 0 Å². The topological polar surface area (TPSA) is 49.3 Å². The van der Waals surface area contributed by atoms with E-state index in [0.29, 0.717) is 29.5 Å². The Morgan fingerprint density at radius 2 is 1.89 bits per heavy atom. The minimum absolute atomic E-state index is 0. The lowest BCUT2D eigenvalue weighted by Crippen LogP contribution is -2.69. The average molecular weight is 504 g/mol. The molecule has 0 aromatic heterocycles. The number of hydrogen-bond donors (Lipinski definition) is 1. The molecule has 5 fully saturated rings. The number of likely N-dealkylation sites (tertiary alicyclic amines) is 1. The monoisotopic (exact) mass is 504 g/mol. The lowest BCUT2D eigenvalue weighted by Gasteiger charge is -2.57. The van der Waals surface area contributed by atoms with Crippen molar-refractivity contribution in [2.75, 3.05) is 52.5 Å². The van der Waals surface area contributed by atoms with Crippen LogP contribution in [-0.2, 0) is 9.47 Å². The van der Waals surface area contributed by atoms with E-state index in [1.165, 1.54) is 38.5 Å². The van der Waals surface area contributed by atoms with E-state index in [4.69, 9.17) is 14.5 Å². The summed E-state index contributed by atoms with van der Waals surface area (Å²) in [7, 11) is 0. The van der Waals surface area contributed by atoms with Crippen LogP contribution in [0.2, 0.25) is 0 Å². The van der Waals surface area contributed by atoms with Gasteiger partial charge in [-0.15, -0.1) is 24.0 Å². The fourth-order valence-corrected chi connectivity index (χ4v) is 6.60. The maximum absolute atomic E-state index is 6.17. The lowest BCUT2D eigenvalue weighted by molar-refractivity contribution is -0.125. The van der Waals surface area contributed by atoms with Gasteiger partial charge in [0.15, 0.2) is 5.96 Å². The molecule has 0 bridgehead atoms. The van der Waals surface area contributed by atoms with Crippen LogP contribution in [0.4, 0.5) is 0 Å². The van der Waals surface area contributed by atoms with E-state index in [1.54, 1.807) is 0 Å². The van der Waals surface area contributed by atoms with Crippen molar-refractivity contribution < 1.29 is 9.47 Å². The second-order valence-electron chi connectivity index (χ2n) is 9.14. The number of morpholine rings is 1.